The van der Waals surface area contributed by atoms with Gasteiger partial charge >= 0.3 is 0 Å². The highest BCUT2D eigenvalue weighted by molar-refractivity contribution is 5.63. The molecule has 0 fully saturated rings. The Morgan fingerprint density at radius 2 is 2.38 bits per heavy atom. The molecule has 0 aliphatic heterocycles. The van der Waals surface area contributed by atoms with Crippen LogP contribution in [0, 0.1) is 18.3 Å². The Hall–Kier alpha value is -1.86. The Balaban J connectivity index is 2.60. The monoisotopic (exact) mass is 214 g/mol. The van der Waals surface area contributed by atoms with Crippen molar-refractivity contribution < 1.29 is 0 Å². The summed E-state index contributed by atoms with van der Waals surface area (Å²) in [6.07, 6.45) is 2.78. The van der Waals surface area contributed by atoms with Gasteiger partial charge in [-0.25, -0.2) is 4.98 Å². The maximum Gasteiger partial charge on any atom is 0.166 e. The van der Waals surface area contributed by atoms with Crippen molar-refractivity contribution in [1.29, 1.82) is 5.26 Å². The zero-order valence-corrected chi connectivity index (χ0v) is 9.49. The number of nitrogens with zero attached hydrogens (tertiary/aromatic N) is 3. The average molecular weight is 214 g/mol. The summed E-state index contributed by atoms with van der Waals surface area (Å²) < 4.78 is 2.01. The molecular weight excluding hydrogens is 200 g/mol. The molecule has 1 N–H and O–H groups in total. The van der Waals surface area contributed by atoms with Crippen molar-refractivity contribution in [3.63, 3.8) is 0 Å². The Bertz CT molecular complexity index is 548. The second-order valence-corrected chi connectivity index (χ2v) is 3.75. The fraction of sp³-hybridized carbons (Fsp3) is 0.333. The third-order valence-electron chi connectivity index (χ3n) is 2.64. The number of nitrogens with one attached hydrogen (secondary N) is 1. The lowest BCUT2D eigenvalue weighted by Gasteiger charge is -2.01. The first-order valence-corrected chi connectivity index (χ1v) is 5.29. The van der Waals surface area contributed by atoms with E-state index in [1.165, 1.54) is 0 Å². The van der Waals surface area contributed by atoms with Crippen LogP contribution in [0.25, 0.3) is 5.52 Å². The maximum atomic E-state index is 9.06. The summed E-state index contributed by atoms with van der Waals surface area (Å²) in [4.78, 5) is 4.37. The normalized spacial score (nSPS) is 10.6. The summed E-state index contributed by atoms with van der Waals surface area (Å²) in [5.41, 5.74) is 2.53. The van der Waals surface area contributed by atoms with Gasteiger partial charge in [0.1, 0.15) is 11.9 Å². The molecule has 0 saturated heterocycles. The smallest absolute Gasteiger partial charge is 0.166 e. The first kappa shape index (κ1) is 10.7. The van der Waals surface area contributed by atoms with Crippen LogP contribution in [0.2, 0.25) is 0 Å². The molecule has 0 atom stereocenters. The standard InChI is InChI=1S/C12H14N4/c1-9-4-3-7-16-11(5-6-14-2)15-10(8-13)12(9)16/h3-4,7,14H,5-6H2,1-2H3. The molecule has 0 bridgehead atoms. The van der Waals surface area contributed by atoms with Gasteiger partial charge in [-0.15, -0.1) is 0 Å². The van der Waals surface area contributed by atoms with Crippen LogP contribution in [-0.4, -0.2) is 23.0 Å². The molecule has 0 radical (unpaired) electrons. The Morgan fingerprint density at radius 1 is 1.56 bits per heavy atom. The minimum atomic E-state index is 0.518. The third kappa shape index (κ3) is 1.66. The zero-order chi connectivity index (χ0) is 11.5. The van der Waals surface area contributed by atoms with Gasteiger partial charge in [0.15, 0.2) is 5.69 Å². The van der Waals surface area contributed by atoms with E-state index in [2.05, 4.69) is 16.4 Å². The molecular formula is C12H14N4. The van der Waals surface area contributed by atoms with E-state index >= 15 is 0 Å². The molecule has 4 nitrogen and oxygen atoms in total. The van der Waals surface area contributed by atoms with Crippen molar-refractivity contribution in [2.75, 3.05) is 13.6 Å². The van der Waals surface area contributed by atoms with Gasteiger partial charge < -0.3 is 9.72 Å². The van der Waals surface area contributed by atoms with Crippen LogP contribution >= 0.6 is 0 Å². The van der Waals surface area contributed by atoms with Gasteiger partial charge in [-0.3, -0.25) is 0 Å². The molecule has 0 saturated carbocycles. The van der Waals surface area contributed by atoms with Crippen molar-refractivity contribution in [1.82, 2.24) is 14.7 Å². The van der Waals surface area contributed by atoms with Crippen LogP contribution in [0.5, 0.6) is 0 Å². The van der Waals surface area contributed by atoms with Crippen molar-refractivity contribution in [2.45, 2.75) is 13.3 Å². The number of nitriles is 1. The summed E-state index contributed by atoms with van der Waals surface area (Å²) in [6, 6.07) is 6.14. The predicted molar refractivity (Wildman–Crippen MR) is 62.3 cm³/mol. The number of aryl methyl sites for hydroxylation is 1. The van der Waals surface area contributed by atoms with Gasteiger partial charge in [-0.05, 0) is 25.6 Å². The fourth-order valence-electron chi connectivity index (χ4n) is 1.86. The molecule has 0 aliphatic carbocycles. The maximum absolute atomic E-state index is 9.06. The van der Waals surface area contributed by atoms with E-state index in [-0.39, 0.29) is 0 Å². The number of pyridine rings is 1. The molecule has 0 amide bonds. The number of hydrogen-bond donors (Lipinski definition) is 1. The van der Waals surface area contributed by atoms with Gasteiger partial charge in [-0.1, -0.05) is 6.07 Å². The van der Waals surface area contributed by atoms with Crippen molar-refractivity contribution in [2.24, 2.45) is 0 Å². The molecule has 2 rings (SSSR count). The van der Waals surface area contributed by atoms with Gasteiger partial charge in [-0.2, -0.15) is 5.26 Å². The summed E-state index contributed by atoms with van der Waals surface area (Å²) in [5.74, 6) is 0.935. The predicted octanol–water partition coefficient (Wildman–Crippen LogP) is 1.28. The van der Waals surface area contributed by atoms with Crippen LogP contribution in [0.3, 0.4) is 0 Å². The highest BCUT2D eigenvalue weighted by Crippen LogP contribution is 2.16. The van der Waals surface area contributed by atoms with Crippen LogP contribution in [0.4, 0.5) is 0 Å². The van der Waals surface area contributed by atoms with E-state index in [0.29, 0.717) is 5.69 Å². The van der Waals surface area contributed by atoms with Gasteiger partial charge in [0.05, 0.1) is 5.52 Å². The number of imidazole rings is 1. The summed E-state index contributed by atoms with van der Waals surface area (Å²) in [6.45, 7) is 2.86. The highest BCUT2D eigenvalue weighted by atomic mass is 15.0. The number of rotatable bonds is 3. The van der Waals surface area contributed by atoms with Gasteiger partial charge in [0.2, 0.25) is 0 Å². The SMILES string of the molecule is CNCCc1nc(C#N)c2c(C)cccn12. The second-order valence-electron chi connectivity index (χ2n) is 3.75. The first-order chi connectivity index (χ1) is 7.77. The van der Waals surface area contributed by atoms with Crippen LogP contribution in [0.15, 0.2) is 18.3 Å². The number of likely N-dealkylation sites (N-methyl/N-ethyl adjacent to an activating group) is 1. The molecule has 16 heavy (non-hydrogen) atoms. The molecule has 0 spiro atoms. The Morgan fingerprint density at radius 3 is 3.06 bits per heavy atom. The minimum absolute atomic E-state index is 0.518. The molecule has 2 heterocycles. The molecule has 0 aromatic carbocycles. The number of fused-ring (bicyclic) bond motifs is 1. The quantitative estimate of drug-likeness (QED) is 0.837. The first-order valence-electron chi connectivity index (χ1n) is 5.29. The van der Waals surface area contributed by atoms with Crippen LogP contribution < -0.4 is 5.32 Å². The zero-order valence-electron chi connectivity index (χ0n) is 9.49. The van der Waals surface area contributed by atoms with Gasteiger partial charge in [0.25, 0.3) is 0 Å². The van der Waals surface area contributed by atoms with Gasteiger partial charge in [0, 0.05) is 19.2 Å². The molecule has 82 valence electrons. The second kappa shape index (κ2) is 4.33. The Labute approximate surface area is 94.5 Å². The molecule has 2 aromatic heterocycles. The van der Waals surface area contributed by atoms with Crippen LogP contribution in [-0.2, 0) is 6.42 Å². The average Bonchev–Trinajstić information content (AvgIpc) is 2.66. The van der Waals surface area contributed by atoms with Crippen LogP contribution in [0.1, 0.15) is 17.1 Å². The highest BCUT2D eigenvalue weighted by Gasteiger charge is 2.11. The number of aromatic nitrogens is 2. The Kier molecular flexibility index (Phi) is 2.88. The summed E-state index contributed by atoms with van der Waals surface area (Å²) in [7, 11) is 1.91. The summed E-state index contributed by atoms with van der Waals surface area (Å²) in [5, 5.41) is 12.1. The molecule has 0 unspecified atom stereocenters. The lowest BCUT2D eigenvalue weighted by atomic mass is 10.2. The minimum Gasteiger partial charge on any atom is -0.319 e. The van der Waals surface area contributed by atoms with E-state index in [9.17, 15) is 0 Å². The molecule has 2 aromatic rings. The van der Waals surface area contributed by atoms with Crippen molar-refractivity contribution in [3.8, 4) is 6.07 Å². The van der Waals surface area contributed by atoms with Crippen molar-refractivity contribution in [3.05, 3.63) is 35.4 Å². The van der Waals surface area contributed by atoms with E-state index in [1.54, 1.807) is 0 Å². The van der Waals surface area contributed by atoms with Crippen molar-refractivity contribution >= 4 is 5.52 Å². The molecule has 4 heteroatoms. The topological polar surface area (TPSA) is 53.1 Å². The summed E-state index contributed by atoms with van der Waals surface area (Å²) >= 11 is 0. The largest absolute Gasteiger partial charge is 0.319 e. The lowest BCUT2D eigenvalue weighted by molar-refractivity contribution is 0.752. The van der Waals surface area contributed by atoms with E-state index in [1.807, 2.05) is 36.7 Å². The fourth-order valence-corrected chi connectivity index (χ4v) is 1.86. The van der Waals surface area contributed by atoms with E-state index in [4.69, 9.17) is 5.26 Å². The van der Waals surface area contributed by atoms with E-state index in [0.717, 1.165) is 29.9 Å². The molecule has 0 aliphatic rings. The van der Waals surface area contributed by atoms with E-state index < -0.39 is 0 Å². The third-order valence-corrected chi connectivity index (χ3v) is 2.64. The number of hydrogen-bond acceptors (Lipinski definition) is 3. The lowest BCUT2D eigenvalue weighted by Crippen LogP contribution is -2.12.